The second-order valence-corrected chi connectivity index (χ2v) is 4.76. The molecule has 1 amide bonds. The van der Waals surface area contributed by atoms with Crippen LogP contribution in [0.15, 0.2) is 42.5 Å². The van der Waals surface area contributed by atoms with E-state index >= 15 is 0 Å². The number of halogens is 2. The highest BCUT2D eigenvalue weighted by molar-refractivity contribution is 5.94. The van der Waals surface area contributed by atoms with Crippen molar-refractivity contribution in [1.82, 2.24) is 5.32 Å². The zero-order valence-corrected chi connectivity index (χ0v) is 11.4. The molecule has 0 bridgehead atoms. The van der Waals surface area contributed by atoms with Crippen molar-refractivity contribution in [2.75, 3.05) is 6.54 Å². The number of aliphatic hydroxyl groups is 1. The summed E-state index contributed by atoms with van der Waals surface area (Å²) in [6.07, 6.45) is -1.24. The summed E-state index contributed by atoms with van der Waals surface area (Å²) >= 11 is 0. The molecule has 2 N–H and O–H groups in total. The molecule has 0 aliphatic heterocycles. The van der Waals surface area contributed by atoms with Crippen molar-refractivity contribution >= 4 is 5.91 Å². The van der Waals surface area contributed by atoms with Crippen LogP contribution in [0.4, 0.5) is 8.78 Å². The van der Waals surface area contributed by atoms with Crippen molar-refractivity contribution in [2.45, 2.75) is 13.0 Å². The minimum absolute atomic E-state index is 0.0550. The monoisotopic (exact) mass is 291 g/mol. The predicted octanol–water partition coefficient (Wildman–Crippen LogP) is 2.74. The van der Waals surface area contributed by atoms with E-state index in [0.717, 1.165) is 17.7 Å². The lowest BCUT2D eigenvalue weighted by molar-refractivity contribution is 0.0914. The van der Waals surface area contributed by atoms with Gasteiger partial charge in [0.1, 0.15) is 11.6 Å². The van der Waals surface area contributed by atoms with E-state index in [1.165, 1.54) is 0 Å². The van der Waals surface area contributed by atoms with Gasteiger partial charge in [-0.3, -0.25) is 4.79 Å². The van der Waals surface area contributed by atoms with Gasteiger partial charge in [0.25, 0.3) is 5.91 Å². The largest absolute Gasteiger partial charge is 0.386 e. The molecule has 21 heavy (non-hydrogen) atoms. The molecule has 0 aromatic heterocycles. The van der Waals surface area contributed by atoms with Gasteiger partial charge in [-0.1, -0.05) is 23.8 Å². The number of carbonyl (C=O) groups is 1. The standard InChI is InChI=1S/C16H15F2NO2/c1-10-2-4-11(5-3-10)16(21)19-9-15(20)13-7-6-12(17)8-14(13)18/h2-8,15,20H,9H2,1H3,(H,19,21)/t15-/m0/s1. The number of hydrogen-bond acceptors (Lipinski definition) is 2. The van der Waals surface area contributed by atoms with E-state index in [2.05, 4.69) is 5.32 Å². The van der Waals surface area contributed by atoms with Crippen molar-refractivity contribution in [2.24, 2.45) is 0 Å². The molecule has 0 saturated heterocycles. The fourth-order valence-electron chi connectivity index (χ4n) is 1.88. The van der Waals surface area contributed by atoms with E-state index in [4.69, 9.17) is 0 Å². The minimum Gasteiger partial charge on any atom is -0.386 e. The molecule has 0 saturated carbocycles. The summed E-state index contributed by atoms with van der Waals surface area (Å²) in [5, 5.41) is 12.4. The summed E-state index contributed by atoms with van der Waals surface area (Å²) in [4.78, 5) is 11.9. The van der Waals surface area contributed by atoms with E-state index < -0.39 is 17.7 Å². The second-order valence-electron chi connectivity index (χ2n) is 4.76. The fourth-order valence-corrected chi connectivity index (χ4v) is 1.88. The van der Waals surface area contributed by atoms with Crippen LogP contribution in [0, 0.1) is 18.6 Å². The van der Waals surface area contributed by atoms with Gasteiger partial charge < -0.3 is 10.4 Å². The lowest BCUT2D eigenvalue weighted by Gasteiger charge is -2.13. The maximum absolute atomic E-state index is 13.5. The number of aliphatic hydroxyl groups excluding tert-OH is 1. The first kappa shape index (κ1) is 15.1. The number of hydrogen-bond donors (Lipinski definition) is 2. The number of rotatable bonds is 4. The number of nitrogens with one attached hydrogen (secondary N) is 1. The molecule has 3 nitrogen and oxygen atoms in total. The molecule has 5 heteroatoms. The fraction of sp³-hybridized carbons (Fsp3) is 0.188. The summed E-state index contributed by atoms with van der Waals surface area (Å²) in [6, 6.07) is 9.83. The van der Waals surface area contributed by atoms with Gasteiger partial charge in [0, 0.05) is 23.7 Å². The van der Waals surface area contributed by atoms with Gasteiger partial charge in [-0.25, -0.2) is 8.78 Å². The van der Waals surface area contributed by atoms with E-state index in [9.17, 15) is 18.7 Å². The van der Waals surface area contributed by atoms with Crippen molar-refractivity contribution in [3.63, 3.8) is 0 Å². The molecule has 0 heterocycles. The lowest BCUT2D eigenvalue weighted by atomic mass is 10.1. The van der Waals surface area contributed by atoms with Crippen molar-refractivity contribution in [1.29, 1.82) is 0 Å². The Morgan fingerprint density at radius 1 is 1.19 bits per heavy atom. The molecule has 2 rings (SSSR count). The van der Waals surface area contributed by atoms with Gasteiger partial charge in [-0.15, -0.1) is 0 Å². The normalized spacial score (nSPS) is 12.0. The van der Waals surface area contributed by atoms with E-state index in [1.54, 1.807) is 24.3 Å². The van der Waals surface area contributed by atoms with E-state index in [-0.39, 0.29) is 18.0 Å². The number of benzene rings is 2. The van der Waals surface area contributed by atoms with Crippen molar-refractivity contribution < 1.29 is 18.7 Å². The van der Waals surface area contributed by atoms with Gasteiger partial charge >= 0.3 is 0 Å². The Morgan fingerprint density at radius 3 is 2.48 bits per heavy atom. The van der Waals surface area contributed by atoms with Gasteiger partial charge in [-0.05, 0) is 25.1 Å². The summed E-state index contributed by atoms with van der Waals surface area (Å²) in [5.74, 6) is -1.92. The first-order valence-electron chi connectivity index (χ1n) is 6.45. The van der Waals surface area contributed by atoms with Gasteiger partial charge in [-0.2, -0.15) is 0 Å². The Balaban J connectivity index is 1.98. The third-order valence-electron chi connectivity index (χ3n) is 3.09. The van der Waals surface area contributed by atoms with Crippen LogP contribution in [0.5, 0.6) is 0 Å². The molecule has 0 unspecified atom stereocenters. The Bertz CT molecular complexity index is 641. The molecule has 0 aliphatic rings. The molecule has 110 valence electrons. The number of aryl methyl sites for hydroxylation is 1. The number of carbonyl (C=O) groups excluding carboxylic acids is 1. The van der Waals surface area contributed by atoms with Crippen molar-refractivity contribution in [3.05, 3.63) is 70.8 Å². The SMILES string of the molecule is Cc1ccc(C(=O)NC[C@H](O)c2ccc(F)cc2F)cc1. The minimum atomic E-state index is -1.24. The Kier molecular flexibility index (Phi) is 4.65. The third-order valence-corrected chi connectivity index (χ3v) is 3.09. The van der Waals surface area contributed by atoms with E-state index in [0.29, 0.717) is 11.6 Å². The van der Waals surface area contributed by atoms with Crippen LogP contribution in [-0.2, 0) is 0 Å². The van der Waals surface area contributed by atoms with Crippen LogP contribution < -0.4 is 5.32 Å². The van der Waals surface area contributed by atoms with Gasteiger partial charge in [0.2, 0.25) is 0 Å². The van der Waals surface area contributed by atoms with E-state index in [1.807, 2.05) is 6.92 Å². The zero-order chi connectivity index (χ0) is 15.4. The molecule has 0 aliphatic carbocycles. The lowest BCUT2D eigenvalue weighted by Crippen LogP contribution is -2.28. The Labute approximate surface area is 121 Å². The van der Waals surface area contributed by atoms with Crippen LogP contribution in [0.1, 0.15) is 27.6 Å². The average molecular weight is 291 g/mol. The van der Waals surface area contributed by atoms with Crippen LogP contribution in [0.3, 0.4) is 0 Å². The molecule has 2 aromatic carbocycles. The summed E-state index contributed by atoms with van der Waals surface area (Å²) in [6.45, 7) is 1.75. The van der Waals surface area contributed by atoms with Gasteiger partial charge in [0.05, 0.1) is 6.10 Å². The number of amides is 1. The third kappa shape index (κ3) is 3.86. The average Bonchev–Trinajstić information content (AvgIpc) is 2.45. The maximum atomic E-state index is 13.5. The first-order chi connectivity index (χ1) is 9.97. The Morgan fingerprint density at radius 2 is 1.86 bits per heavy atom. The van der Waals surface area contributed by atoms with Gasteiger partial charge in [0.15, 0.2) is 0 Å². The molecule has 2 aromatic rings. The molecule has 0 fully saturated rings. The molecular weight excluding hydrogens is 276 g/mol. The maximum Gasteiger partial charge on any atom is 0.251 e. The summed E-state index contributed by atoms with van der Waals surface area (Å²) in [5.41, 5.74) is 1.42. The smallest absolute Gasteiger partial charge is 0.251 e. The predicted molar refractivity (Wildman–Crippen MR) is 74.8 cm³/mol. The highest BCUT2D eigenvalue weighted by atomic mass is 19.1. The van der Waals surface area contributed by atoms with Crippen LogP contribution in [-0.4, -0.2) is 17.6 Å². The van der Waals surface area contributed by atoms with Crippen LogP contribution >= 0.6 is 0 Å². The Hall–Kier alpha value is -2.27. The molecule has 0 radical (unpaired) electrons. The van der Waals surface area contributed by atoms with Crippen LogP contribution in [0.25, 0.3) is 0 Å². The highest BCUT2D eigenvalue weighted by Crippen LogP contribution is 2.17. The molecular formula is C16H15F2NO2. The van der Waals surface area contributed by atoms with Crippen LogP contribution in [0.2, 0.25) is 0 Å². The zero-order valence-electron chi connectivity index (χ0n) is 11.4. The quantitative estimate of drug-likeness (QED) is 0.910. The summed E-state index contributed by atoms with van der Waals surface area (Å²) in [7, 11) is 0. The first-order valence-corrected chi connectivity index (χ1v) is 6.45. The topological polar surface area (TPSA) is 49.3 Å². The molecule has 0 spiro atoms. The molecule has 1 atom stereocenters. The highest BCUT2D eigenvalue weighted by Gasteiger charge is 2.15. The summed E-state index contributed by atoms with van der Waals surface area (Å²) < 4.78 is 26.3. The van der Waals surface area contributed by atoms with Crippen molar-refractivity contribution in [3.8, 4) is 0 Å². The second kappa shape index (κ2) is 6.45.